The standard InChI is InChI=1S/C23H27N3O5S/c1-15-13-18-20(31-16(2)22(27)25-18)14-21(15)32(29,30)26-12-6-9-19(26)23(28)24-11-10-17-7-4-3-5-8-17/h3-5,7-8,13-14,16,19H,6,9-12H2,1-2H3,(H,24,28)(H,25,27)/t16-,19+/m0/s1. The Balaban J connectivity index is 1.51. The van der Waals surface area contributed by atoms with E-state index in [1.165, 1.54) is 10.4 Å². The summed E-state index contributed by atoms with van der Waals surface area (Å²) in [6, 6.07) is 12.1. The minimum absolute atomic E-state index is 0.0867. The lowest BCUT2D eigenvalue weighted by Gasteiger charge is -2.27. The van der Waals surface area contributed by atoms with E-state index in [0.29, 0.717) is 42.8 Å². The average Bonchev–Trinajstić information content (AvgIpc) is 3.26. The molecule has 1 saturated heterocycles. The quantitative estimate of drug-likeness (QED) is 0.692. The van der Waals surface area contributed by atoms with Gasteiger partial charge in [0.15, 0.2) is 6.10 Å². The molecular formula is C23H27N3O5S. The molecule has 0 aliphatic carbocycles. The number of benzene rings is 2. The summed E-state index contributed by atoms with van der Waals surface area (Å²) in [7, 11) is -3.93. The van der Waals surface area contributed by atoms with E-state index in [2.05, 4.69) is 10.6 Å². The maximum absolute atomic E-state index is 13.5. The number of nitrogens with one attached hydrogen (secondary N) is 2. The minimum Gasteiger partial charge on any atom is -0.479 e. The Morgan fingerprint density at radius 3 is 2.75 bits per heavy atom. The first-order valence-corrected chi connectivity index (χ1v) is 12.2. The third-order valence-corrected chi connectivity index (χ3v) is 7.91. The van der Waals surface area contributed by atoms with Crippen molar-refractivity contribution in [1.82, 2.24) is 9.62 Å². The summed E-state index contributed by atoms with van der Waals surface area (Å²) in [5, 5.41) is 5.61. The van der Waals surface area contributed by atoms with Gasteiger partial charge in [0, 0.05) is 19.2 Å². The van der Waals surface area contributed by atoms with E-state index in [0.717, 1.165) is 5.56 Å². The summed E-state index contributed by atoms with van der Waals surface area (Å²) in [5.74, 6) is -0.252. The van der Waals surface area contributed by atoms with Gasteiger partial charge in [-0.1, -0.05) is 30.3 Å². The highest BCUT2D eigenvalue weighted by Gasteiger charge is 2.40. The van der Waals surface area contributed by atoms with Crippen LogP contribution >= 0.6 is 0 Å². The summed E-state index contributed by atoms with van der Waals surface area (Å²) in [5.41, 5.74) is 2.04. The fourth-order valence-electron chi connectivity index (χ4n) is 4.13. The molecule has 2 aliphatic heterocycles. The second-order valence-corrected chi connectivity index (χ2v) is 10.0. The van der Waals surface area contributed by atoms with E-state index in [9.17, 15) is 18.0 Å². The highest BCUT2D eigenvalue weighted by atomic mass is 32.2. The fraction of sp³-hybridized carbons (Fsp3) is 0.391. The van der Waals surface area contributed by atoms with Gasteiger partial charge in [-0.25, -0.2) is 8.42 Å². The molecule has 0 aromatic heterocycles. The fourth-order valence-corrected chi connectivity index (χ4v) is 6.01. The predicted octanol–water partition coefficient (Wildman–Crippen LogP) is 2.23. The predicted molar refractivity (Wildman–Crippen MR) is 120 cm³/mol. The number of sulfonamides is 1. The van der Waals surface area contributed by atoms with E-state index < -0.39 is 22.2 Å². The van der Waals surface area contributed by atoms with E-state index in [1.54, 1.807) is 19.9 Å². The maximum atomic E-state index is 13.5. The van der Waals surface area contributed by atoms with Crippen LogP contribution in [-0.4, -0.2) is 49.8 Å². The van der Waals surface area contributed by atoms with Crippen molar-refractivity contribution in [3.05, 3.63) is 53.6 Å². The average molecular weight is 458 g/mol. The monoisotopic (exact) mass is 457 g/mol. The molecule has 32 heavy (non-hydrogen) atoms. The van der Waals surface area contributed by atoms with Crippen molar-refractivity contribution in [2.24, 2.45) is 0 Å². The molecule has 0 saturated carbocycles. The van der Waals surface area contributed by atoms with Gasteiger partial charge in [0.05, 0.1) is 10.6 Å². The van der Waals surface area contributed by atoms with Gasteiger partial charge in [0.25, 0.3) is 5.91 Å². The largest absolute Gasteiger partial charge is 0.479 e. The molecule has 1 fully saturated rings. The van der Waals surface area contributed by atoms with E-state index in [-0.39, 0.29) is 23.3 Å². The molecule has 2 amide bonds. The normalized spacial score (nSPS) is 20.9. The highest BCUT2D eigenvalue weighted by molar-refractivity contribution is 7.89. The summed E-state index contributed by atoms with van der Waals surface area (Å²) >= 11 is 0. The van der Waals surface area contributed by atoms with Gasteiger partial charge >= 0.3 is 0 Å². The Bertz CT molecular complexity index is 1130. The van der Waals surface area contributed by atoms with Crippen LogP contribution in [0.3, 0.4) is 0 Å². The van der Waals surface area contributed by atoms with Gasteiger partial charge in [0.2, 0.25) is 15.9 Å². The lowest BCUT2D eigenvalue weighted by atomic mass is 10.1. The van der Waals surface area contributed by atoms with Crippen molar-refractivity contribution in [2.45, 2.75) is 50.2 Å². The summed E-state index contributed by atoms with van der Waals surface area (Å²) in [4.78, 5) is 24.8. The van der Waals surface area contributed by atoms with Gasteiger partial charge in [-0.15, -0.1) is 0 Å². The molecule has 2 aliphatic rings. The number of carbonyl (C=O) groups is 2. The SMILES string of the molecule is Cc1cc2c(cc1S(=O)(=O)N1CCC[C@@H]1C(=O)NCCc1ccccc1)O[C@@H](C)C(=O)N2. The number of hydrogen-bond donors (Lipinski definition) is 2. The topological polar surface area (TPSA) is 105 Å². The summed E-state index contributed by atoms with van der Waals surface area (Å²) in [6.45, 7) is 3.99. The van der Waals surface area contributed by atoms with E-state index in [1.807, 2.05) is 30.3 Å². The highest BCUT2D eigenvalue weighted by Crippen LogP contribution is 2.36. The van der Waals surface area contributed by atoms with Crippen molar-refractivity contribution in [2.75, 3.05) is 18.4 Å². The first-order chi connectivity index (χ1) is 15.3. The van der Waals surface area contributed by atoms with Gasteiger partial charge in [-0.2, -0.15) is 4.31 Å². The minimum atomic E-state index is -3.93. The van der Waals surface area contributed by atoms with Crippen molar-refractivity contribution < 1.29 is 22.7 Å². The van der Waals surface area contributed by atoms with Crippen LogP contribution in [0.25, 0.3) is 0 Å². The Morgan fingerprint density at radius 2 is 2.00 bits per heavy atom. The smallest absolute Gasteiger partial charge is 0.265 e. The Labute approximate surface area is 188 Å². The molecule has 2 heterocycles. The zero-order valence-corrected chi connectivity index (χ0v) is 18.9. The third kappa shape index (κ3) is 4.35. The molecule has 8 nitrogen and oxygen atoms in total. The van der Waals surface area contributed by atoms with Crippen LogP contribution in [0.5, 0.6) is 5.75 Å². The second kappa shape index (κ2) is 8.91. The van der Waals surface area contributed by atoms with Crippen LogP contribution in [0, 0.1) is 6.92 Å². The van der Waals surface area contributed by atoms with Gasteiger partial charge in [0.1, 0.15) is 11.8 Å². The lowest BCUT2D eigenvalue weighted by Crippen LogP contribution is -2.46. The van der Waals surface area contributed by atoms with E-state index >= 15 is 0 Å². The molecule has 0 unspecified atom stereocenters. The molecule has 170 valence electrons. The van der Waals surface area contributed by atoms with Crippen molar-refractivity contribution in [3.63, 3.8) is 0 Å². The first kappa shape index (κ1) is 22.3. The molecule has 4 rings (SSSR count). The van der Waals surface area contributed by atoms with Crippen LogP contribution in [0.4, 0.5) is 5.69 Å². The Kier molecular flexibility index (Phi) is 6.21. The molecule has 0 spiro atoms. The molecule has 2 atom stereocenters. The maximum Gasteiger partial charge on any atom is 0.265 e. The summed E-state index contributed by atoms with van der Waals surface area (Å²) in [6.07, 6.45) is 1.06. The van der Waals surface area contributed by atoms with Gasteiger partial charge in [-0.05, 0) is 50.3 Å². The number of rotatable bonds is 6. The molecule has 2 N–H and O–H groups in total. The number of hydrogen-bond acceptors (Lipinski definition) is 5. The van der Waals surface area contributed by atoms with Gasteiger partial charge < -0.3 is 15.4 Å². The second-order valence-electron chi connectivity index (χ2n) is 8.16. The molecule has 2 aromatic carbocycles. The zero-order chi connectivity index (χ0) is 22.9. The molecule has 0 radical (unpaired) electrons. The van der Waals surface area contributed by atoms with E-state index in [4.69, 9.17) is 4.74 Å². The zero-order valence-electron chi connectivity index (χ0n) is 18.1. The van der Waals surface area contributed by atoms with Crippen molar-refractivity contribution in [3.8, 4) is 5.75 Å². The van der Waals surface area contributed by atoms with Crippen LogP contribution in [0.1, 0.15) is 30.9 Å². The number of amides is 2. The number of nitrogens with zero attached hydrogens (tertiary/aromatic N) is 1. The lowest BCUT2D eigenvalue weighted by molar-refractivity contribution is -0.124. The van der Waals surface area contributed by atoms with Gasteiger partial charge in [-0.3, -0.25) is 9.59 Å². The molecule has 0 bridgehead atoms. The number of fused-ring (bicyclic) bond motifs is 1. The van der Waals surface area contributed by atoms with Crippen LogP contribution < -0.4 is 15.4 Å². The summed E-state index contributed by atoms with van der Waals surface area (Å²) < 4.78 is 33.9. The number of aryl methyl sites for hydroxylation is 1. The molecule has 2 aromatic rings. The van der Waals surface area contributed by atoms with Crippen molar-refractivity contribution in [1.29, 1.82) is 0 Å². The number of ether oxygens (including phenoxy) is 1. The van der Waals surface area contributed by atoms with Crippen LogP contribution in [0.2, 0.25) is 0 Å². The molecule has 9 heteroatoms. The molecular weight excluding hydrogens is 430 g/mol. The van der Waals surface area contributed by atoms with Crippen LogP contribution in [0.15, 0.2) is 47.4 Å². The number of carbonyl (C=O) groups excluding carboxylic acids is 2. The Hall–Kier alpha value is -2.91. The number of anilines is 1. The van der Waals surface area contributed by atoms with Crippen molar-refractivity contribution >= 4 is 27.5 Å². The Morgan fingerprint density at radius 1 is 1.25 bits per heavy atom. The third-order valence-electron chi connectivity index (χ3n) is 5.86. The van der Waals surface area contributed by atoms with Crippen LogP contribution in [-0.2, 0) is 26.0 Å². The first-order valence-electron chi connectivity index (χ1n) is 10.7.